The van der Waals surface area contributed by atoms with Crippen molar-refractivity contribution in [1.82, 2.24) is 10.3 Å². The second-order valence-corrected chi connectivity index (χ2v) is 6.75. The van der Waals surface area contributed by atoms with Gasteiger partial charge in [-0.3, -0.25) is 4.79 Å². The number of methoxy groups -OCH3 is 1. The van der Waals surface area contributed by atoms with Gasteiger partial charge in [-0.15, -0.1) is 0 Å². The molecule has 0 fully saturated rings. The number of hydrogen-bond acceptors (Lipinski definition) is 2. The monoisotopic (exact) mass is 330 g/mol. The largest absolute Gasteiger partial charge is 0.497 e. The van der Waals surface area contributed by atoms with Crippen LogP contribution in [0.15, 0.2) is 28.8 Å². The third-order valence-electron chi connectivity index (χ3n) is 4.93. The van der Waals surface area contributed by atoms with Crippen LogP contribution in [-0.2, 0) is 17.6 Å². The molecule has 23 heavy (non-hydrogen) atoms. The zero-order valence-electron chi connectivity index (χ0n) is 13.0. The summed E-state index contributed by atoms with van der Waals surface area (Å²) in [6.07, 6.45) is 4.38. The summed E-state index contributed by atoms with van der Waals surface area (Å²) in [6, 6.07) is 6.26. The number of aryl methyl sites for hydroxylation is 1. The van der Waals surface area contributed by atoms with E-state index in [0.717, 1.165) is 54.0 Å². The number of amides is 1. The predicted octanol–water partition coefficient (Wildman–Crippen LogP) is 3.44. The third-order valence-corrected chi connectivity index (χ3v) is 5.34. The molecule has 2 aliphatic carbocycles. The fourth-order valence-corrected chi connectivity index (χ4v) is 3.77. The van der Waals surface area contributed by atoms with Gasteiger partial charge in [0, 0.05) is 33.2 Å². The van der Waals surface area contributed by atoms with Crippen molar-refractivity contribution in [2.75, 3.05) is 7.11 Å². The van der Waals surface area contributed by atoms with E-state index in [0.29, 0.717) is 0 Å². The molecule has 2 aromatic rings. The van der Waals surface area contributed by atoms with Crippen molar-refractivity contribution in [1.29, 1.82) is 0 Å². The van der Waals surface area contributed by atoms with Crippen LogP contribution in [0.1, 0.15) is 30.5 Å². The number of aromatic nitrogens is 1. The molecule has 0 bridgehead atoms. The van der Waals surface area contributed by atoms with Gasteiger partial charge in [-0.25, -0.2) is 0 Å². The second kappa shape index (κ2) is 5.60. The number of rotatable bonds is 3. The van der Waals surface area contributed by atoms with E-state index in [9.17, 15) is 4.79 Å². The van der Waals surface area contributed by atoms with Crippen LogP contribution in [0.5, 0.6) is 5.75 Å². The molecule has 120 valence electrons. The Balaban J connectivity index is 1.58. The van der Waals surface area contributed by atoms with E-state index in [2.05, 4.69) is 22.4 Å². The van der Waals surface area contributed by atoms with Gasteiger partial charge < -0.3 is 15.0 Å². The summed E-state index contributed by atoms with van der Waals surface area (Å²) >= 11 is 6.00. The number of H-pyrrole nitrogens is 1. The van der Waals surface area contributed by atoms with Gasteiger partial charge in [0.2, 0.25) is 5.91 Å². The van der Waals surface area contributed by atoms with Crippen LogP contribution in [0.25, 0.3) is 10.9 Å². The molecule has 4 rings (SSSR count). The van der Waals surface area contributed by atoms with Gasteiger partial charge in [-0.1, -0.05) is 11.6 Å². The van der Waals surface area contributed by atoms with Crippen molar-refractivity contribution < 1.29 is 9.53 Å². The number of carbonyl (C=O) groups is 1. The number of hydrogen-bond donors (Lipinski definition) is 2. The highest BCUT2D eigenvalue weighted by Gasteiger charge is 2.27. The van der Waals surface area contributed by atoms with Crippen molar-refractivity contribution in [3.8, 4) is 5.75 Å². The summed E-state index contributed by atoms with van der Waals surface area (Å²) in [5.41, 5.74) is 4.47. The molecule has 1 aromatic carbocycles. The molecular weight excluding hydrogens is 312 g/mol. The number of halogens is 1. The minimum atomic E-state index is 0.00659. The van der Waals surface area contributed by atoms with Gasteiger partial charge in [0.05, 0.1) is 7.11 Å². The van der Waals surface area contributed by atoms with E-state index in [-0.39, 0.29) is 11.9 Å². The Morgan fingerprint density at radius 1 is 1.35 bits per heavy atom. The summed E-state index contributed by atoms with van der Waals surface area (Å²) in [6.45, 7) is 0. The van der Waals surface area contributed by atoms with Crippen LogP contribution in [0.2, 0.25) is 0 Å². The smallest absolute Gasteiger partial charge is 0.248 e. The first-order chi connectivity index (χ1) is 11.2. The van der Waals surface area contributed by atoms with Crippen LogP contribution < -0.4 is 10.1 Å². The van der Waals surface area contributed by atoms with Gasteiger partial charge in [0.1, 0.15) is 5.75 Å². The molecule has 0 spiro atoms. The molecule has 1 unspecified atom stereocenters. The molecule has 1 amide bonds. The van der Waals surface area contributed by atoms with Crippen LogP contribution in [0, 0.1) is 0 Å². The van der Waals surface area contributed by atoms with E-state index >= 15 is 0 Å². The quantitative estimate of drug-likeness (QED) is 0.905. The fourth-order valence-electron chi connectivity index (χ4n) is 3.50. The van der Waals surface area contributed by atoms with Crippen molar-refractivity contribution in [2.24, 2.45) is 0 Å². The lowest BCUT2D eigenvalue weighted by Gasteiger charge is -2.26. The Morgan fingerprint density at radius 3 is 2.91 bits per heavy atom. The maximum Gasteiger partial charge on any atom is 0.248 e. The summed E-state index contributed by atoms with van der Waals surface area (Å²) < 4.78 is 5.34. The molecule has 1 atom stereocenters. The predicted molar refractivity (Wildman–Crippen MR) is 90.9 cm³/mol. The normalized spacial score (nSPS) is 20.2. The number of allylic oxidation sites excluding steroid dienone is 1. The van der Waals surface area contributed by atoms with Crippen molar-refractivity contribution >= 4 is 28.4 Å². The Morgan fingerprint density at radius 2 is 2.22 bits per heavy atom. The van der Waals surface area contributed by atoms with Crippen LogP contribution in [-0.4, -0.2) is 24.0 Å². The highest BCUT2D eigenvalue weighted by atomic mass is 35.5. The first-order valence-corrected chi connectivity index (χ1v) is 8.39. The van der Waals surface area contributed by atoms with Gasteiger partial charge >= 0.3 is 0 Å². The molecule has 0 saturated carbocycles. The molecular formula is C18H19ClN2O2. The lowest BCUT2D eigenvalue weighted by molar-refractivity contribution is -0.118. The van der Waals surface area contributed by atoms with Gasteiger partial charge in [0.25, 0.3) is 0 Å². The number of carbonyl (C=O) groups excluding carboxylic acids is 1. The molecule has 1 heterocycles. The molecule has 1 aromatic heterocycles. The molecule has 2 aliphatic rings. The van der Waals surface area contributed by atoms with Gasteiger partial charge in [0.15, 0.2) is 0 Å². The lowest BCUT2D eigenvalue weighted by Crippen LogP contribution is -2.40. The minimum Gasteiger partial charge on any atom is -0.497 e. The van der Waals surface area contributed by atoms with E-state index in [1.165, 1.54) is 16.6 Å². The van der Waals surface area contributed by atoms with Gasteiger partial charge in [-0.05, 0) is 55.9 Å². The number of benzene rings is 1. The molecule has 2 N–H and O–H groups in total. The standard InChI is InChI=1S/C18H19ClN2O2/c1-23-11-3-7-17-14(9-11)13-8-10(2-6-16(13)21-17)20-18(22)12-4-5-15(12)19/h3,7,9-10,21H,2,4-6,8H2,1H3,(H,20,22). The highest BCUT2D eigenvalue weighted by molar-refractivity contribution is 6.33. The molecule has 0 saturated heterocycles. The van der Waals surface area contributed by atoms with E-state index in [1.807, 2.05) is 6.07 Å². The average Bonchev–Trinajstić information content (AvgIpc) is 2.90. The van der Waals surface area contributed by atoms with Gasteiger partial charge in [-0.2, -0.15) is 0 Å². The average molecular weight is 331 g/mol. The van der Waals surface area contributed by atoms with Crippen LogP contribution in [0.4, 0.5) is 0 Å². The summed E-state index contributed by atoms with van der Waals surface area (Å²) in [5.74, 6) is 0.865. The Bertz CT molecular complexity index is 822. The summed E-state index contributed by atoms with van der Waals surface area (Å²) in [7, 11) is 1.68. The summed E-state index contributed by atoms with van der Waals surface area (Å²) in [5, 5.41) is 5.06. The lowest BCUT2D eigenvalue weighted by atomic mass is 9.90. The SMILES string of the molecule is COc1ccc2[nH]c3c(c2c1)CC(NC(=O)C1=C(Cl)CC1)CC3. The van der Waals surface area contributed by atoms with Crippen molar-refractivity contribution in [2.45, 2.75) is 38.1 Å². The summed E-state index contributed by atoms with van der Waals surface area (Å²) in [4.78, 5) is 15.7. The van der Waals surface area contributed by atoms with E-state index in [4.69, 9.17) is 16.3 Å². The molecule has 5 heteroatoms. The zero-order valence-corrected chi connectivity index (χ0v) is 13.8. The number of fused-ring (bicyclic) bond motifs is 3. The van der Waals surface area contributed by atoms with Crippen molar-refractivity contribution in [3.05, 3.63) is 40.1 Å². The topological polar surface area (TPSA) is 54.1 Å². The molecule has 4 nitrogen and oxygen atoms in total. The Hall–Kier alpha value is -1.94. The zero-order chi connectivity index (χ0) is 16.0. The van der Waals surface area contributed by atoms with Crippen LogP contribution in [0.3, 0.4) is 0 Å². The first kappa shape index (κ1) is 14.6. The molecule has 0 radical (unpaired) electrons. The number of nitrogens with one attached hydrogen (secondary N) is 2. The number of ether oxygens (including phenoxy) is 1. The Kier molecular flexibility index (Phi) is 3.57. The number of aromatic amines is 1. The van der Waals surface area contributed by atoms with Crippen LogP contribution >= 0.6 is 11.6 Å². The second-order valence-electron chi connectivity index (χ2n) is 6.29. The third kappa shape index (κ3) is 2.51. The fraction of sp³-hybridized carbons (Fsp3) is 0.389. The maximum atomic E-state index is 12.2. The van der Waals surface area contributed by atoms with E-state index in [1.54, 1.807) is 7.11 Å². The Labute approximate surface area is 139 Å². The first-order valence-electron chi connectivity index (χ1n) is 8.01. The van der Waals surface area contributed by atoms with E-state index < -0.39 is 0 Å². The highest BCUT2D eigenvalue weighted by Crippen LogP contribution is 2.33. The van der Waals surface area contributed by atoms with Crippen molar-refractivity contribution in [3.63, 3.8) is 0 Å². The maximum absolute atomic E-state index is 12.2. The minimum absolute atomic E-state index is 0.00659. The molecule has 0 aliphatic heterocycles.